The lowest BCUT2D eigenvalue weighted by Gasteiger charge is -2.09. The first kappa shape index (κ1) is 20.4. The lowest BCUT2D eigenvalue weighted by Crippen LogP contribution is -2.13. The highest BCUT2D eigenvalue weighted by Crippen LogP contribution is 2.32. The fourth-order valence-corrected chi connectivity index (χ4v) is 4.11. The van der Waals surface area contributed by atoms with Crippen LogP contribution in [0.2, 0.25) is 0 Å². The van der Waals surface area contributed by atoms with E-state index in [-0.39, 0.29) is 5.91 Å². The molecule has 0 atom stereocenters. The Labute approximate surface area is 197 Å². The summed E-state index contributed by atoms with van der Waals surface area (Å²) in [5.74, 6) is 0.744. The van der Waals surface area contributed by atoms with Gasteiger partial charge in [-0.2, -0.15) is 0 Å². The van der Waals surface area contributed by atoms with Gasteiger partial charge >= 0.3 is 0 Å². The monoisotopic (exact) mass is 626 g/mol. The van der Waals surface area contributed by atoms with Crippen molar-refractivity contribution in [1.29, 1.82) is 0 Å². The number of fused-ring (bicyclic) bond motifs is 1. The fraction of sp³-hybridized carbons (Fsp3) is 0.0476. The van der Waals surface area contributed by atoms with Crippen LogP contribution in [0.4, 0.5) is 5.69 Å². The largest absolute Gasteiger partial charge is 0.496 e. The van der Waals surface area contributed by atoms with Crippen LogP contribution in [0.25, 0.3) is 22.6 Å². The molecule has 0 saturated heterocycles. The second-order valence-electron chi connectivity index (χ2n) is 6.12. The highest BCUT2D eigenvalue weighted by atomic mass is 127. The Morgan fingerprint density at radius 2 is 1.93 bits per heavy atom. The summed E-state index contributed by atoms with van der Waals surface area (Å²) in [6.45, 7) is 0. The van der Waals surface area contributed by atoms with Gasteiger partial charge in [0.1, 0.15) is 11.3 Å². The Bertz CT molecular complexity index is 1240. The van der Waals surface area contributed by atoms with Gasteiger partial charge in [0.25, 0.3) is 5.91 Å². The molecular formula is C21H13Br2IN2O3. The van der Waals surface area contributed by atoms with Crippen molar-refractivity contribution in [3.05, 3.63) is 72.7 Å². The fourth-order valence-electron chi connectivity index (χ4n) is 2.84. The quantitative estimate of drug-likeness (QED) is 0.251. The van der Waals surface area contributed by atoms with Crippen LogP contribution in [0.5, 0.6) is 5.75 Å². The smallest absolute Gasteiger partial charge is 0.259 e. The first-order valence-corrected chi connectivity index (χ1v) is 11.1. The van der Waals surface area contributed by atoms with Gasteiger partial charge < -0.3 is 14.5 Å². The number of nitrogens with zero attached hydrogens (tertiary/aromatic N) is 1. The maximum absolute atomic E-state index is 12.7. The molecule has 0 fully saturated rings. The van der Waals surface area contributed by atoms with Crippen LogP contribution >= 0.6 is 54.5 Å². The Kier molecular flexibility index (Phi) is 5.93. The van der Waals surface area contributed by atoms with Gasteiger partial charge in [0.2, 0.25) is 5.89 Å². The number of aromatic nitrogens is 1. The van der Waals surface area contributed by atoms with E-state index < -0.39 is 0 Å². The van der Waals surface area contributed by atoms with Crippen molar-refractivity contribution in [3.8, 4) is 17.2 Å². The normalized spacial score (nSPS) is 10.9. The minimum Gasteiger partial charge on any atom is -0.496 e. The van der Waals surface area contributed by atoms with Crippen molar-refractivity contribution in [3.63, 3.8) is 0 Å². The van der Waals surface area contributed by atoms with E-state index in [1.165, 1.54) is 7.11 Å². The Balaban J connectivity index is 1.65. The van der Waals surface area contributed by atoms with Crippen molar-refractivity contribution in [2.45, 2.75) is 0 Å². The van der Waals surface area contributed by atoms with E-state index in [0.717, 1.165) is 18.1 Å². The van der Waals surface area contributed by atoms with Crippen LogP contribution in [0, 0.1) is 3.57 Å². The maximum Gasteiger partial charge on any atom is 0.259 e. The van der Waals surface area contributed by atoms with Crippen LogP contribution < -0.4 is 10.1 Å². The highest BCUT2D eigenvalue weighted by Gasteiger charge is 2.15. The average molecular weight is 628 g/mol. The first-order chi connectivity index (χ1) is 13.9. The van der Waals surface area contributed by atoms with Crippen molar-refractivity contribution in [1.82, 2.24) is 4.98 Å². The maximum atomic E-state index is 12.7. The minimum atomic E-state index is -0.272. The summed E-state index contributed by atoms with van der Waals surface area (Å²) in [6.07, 6.45) is 0. The summed E-state index contributed by atoms with van der Waals surface area (Å²) in [4.78, 5) is 17.3. The number of oxazole rings is 1. The van der Waals surface area contributed by atoms with Gasteiger partial charge in [-0.05, 0) is 93.1 Å². The van der Waals surface area contributed by atoms with Gasteiger partial charge in [-0.1, -0.05) is 15.9 Å². The van der Waals surface area contributed by atoms with E-state index in [1.807, 2.05) is 24.3 Å². The van der Waals surface area contributed by atoms with Gasteiger partial charge in [0.15, 0.2) is 5.58 Å². The molecule has 146 valence electrons. The van der Waals surface area contributed by atoms with E-state index in [2.05, 4.69) is 64.8 Å². The molecule has 1 aromatic heterocycles. The predicted octanol–water partition coefficient (Wildman–Crippen LogP) is 6.89. The van der Waals surface area contributed by atoms with Crippen LogP contribution in [0.3, 0.4) is 0 Å². The molecule has 4 aromatic rings. The number of halogens is 3. The molecule has 0 spiro atoms. The van der Waals surface area contributed by atoms with E-state index in [9.17, 15) is 4.79 Å². The topological polar surface area (TPSA) is 64.4 Å². The lowest BCUT2D eigenvalue weighted by atomic mass is 10.2. The molecule has 4 rings (SSSR count). The van der Waals surface area contributed by atoms with Crippen molar-refractivity contribution < 1.29 is 13.9 Å². The summed E-state index contributed by atoms with van der Waals surface area (Å²) < 4.78 is 14.0. The van der Waals surface area contributed by atoms with Gasteiger partial charge in [-0.15, -0.1) is 0 Å². The summed E-state index contributed by atoms with van der Waals surface area (Å²) >= 11 is 9.17. The standard InChI is InChI=1S/C21H13Br2IN2O3/c1-28-18-6-2-11(22)8-15(18)20(27)25-13-4-7-19-17(10-13)26-21(29-19)14-9-12(24)3-5-16(14)23/h2-10H,1H3,(H,25,27). The molecule has 5 nitrogen and oxygen atoms in total. The zero-order valence-corrected chi connectivity index (χ0v) is 20.3. The predicted molar refractivity (Wildman–Crippen MR) is 129 cm³/mol. The Morgan fingerprint density at radius 1 is 1.10 bits per heavy atom. The number of benzene rings is 3. The highest BCUT2D eigenvalue weighted by molar-refractivity contribution is 14.1. The number of anilines is 1. The van der Waals surface area contributed by atoms with Gasteiger partial charge in [-0.3, -0.25) is 4.79 Å². The molecule has 0 saturated carbocycles. The van der Waals surface area contributed by atoms with Crippen molar-refractivity contribution in [2.24, 2.45) is 0 Å². The number of amides is 1. The number of hydrogen-bond acceptors (Lipinski definition) is 4. The minimum absolute atomic E-state index is 0.272. The van der Waals surface area contributed by atoms with Crippen LogP contribution in [0.15, 0.2) is 68.0 Å². The molecule has 1 amide bonds. The Hall–Kier alpha value is -1.91. The molecule has 0 aliphatic heterocycles. The molecule has 1 heterocycles. The third-order valence-electron chi connectivity index (χ3n) is 4.21. The number of methoxy groups -OCH3 is 1. The van der Waals surface area contributed by atoms with Crippen LogP contribution in [-0.2, 0) is 0 Å². The van der Waals surface area contributed by atoms with Gasteiger partial charge in [-0.25, -0.2) is 4.98 Å². The summed E-state index contributed by atoms with van der Waals surface area (Å²) in [7, 11) is 1.53. The summed E-state index contributed by atoms with van der Waals surface area (Å²) in [5.41, 5.74) is 3.22. The second-order valence-corrected chi connectivity index (χ2v) is 9.14. The number of ether oxygens (including phenoxy) is 1. The zero-order valence-electron chi connectivity index (χ0n) is 15.0. The van der Waals surface area contributed by atoms with E-state index in [0.29, 0.717) is 34.0 Å². The summed E-state index contributed by atoms with van der Waals surface area (Å²) in [5, 5.41) is 2.89. The SMILES string of the molecule is COc1ccc(Br)cc1C(=O)Nc1ccc2oc(-c3cc(I)ccc3Br)nc2c1. The molecule has 3 aromatic carbocycles. The molecule has 8 heteroatoms. The Morgan fingerprint density at radius 3 is 2.72 bits per heavy atom. The number of hydrogen-bond donors (Lipinski definition) is 1. The lowest BCUT2D eigenvalue weighted by molar-refractivity contribution is 0.102. The van der Waals surface area contributed by atoms with E-state index in [1.54, 1.807) is 30.3 Å². The molecule has 0 aliphatic rings. The molecule has 29 heavy (non-hydrogen) atoms. The molecule has 0 bridgehead atoms. The molecular weight excluding hydrogens is 615 g/mol. The van der Waals surface area contributed by atoms with Crippen LogP contribution in [-0.4, -0.2) is 18.0 Å². The van der Waals surface area contributed by atoms with Crippen molar-refractivity contribution >= 4 is 77.1 Å². The number of carbonyl (C=O) groups is 1. The molecule has 0 radical (unpaired) electrons. The first-order valence-electron chi connectivity index (χ1n) is 8.45. The number of nitrogens with one attached hydrogen (secondary N) is 1. The third kappa shape index (κ3) is 4.34. The second kappa shape index (κ2) is 8.45. The zero-order chi connectivity index (χ0) is 20.5. The molecule has 0 aliphatic carbocycles. The van der Waals surface area contributed by atoms with E-state index in [4.69, 9.17) is 9.15 Å². The van der Waals surface area contributed by atoms with Crippen molar-refractivity contribution in [2.75, 3.05) is 12.4 Å². The molecule has 1 N–H and O–H groups in total. The van der Waals surface area contributed by atoms with Crippen LogP contribution in [0.1, 0.15) is 10.4 Å². The van der Waals surface area contributed by atoms with Gasteiger partial charge in [0.05, 0.1) is 18.2 Å². The molecule has 0 unspecified atom stereocenters. The average Bonchev–Trinajstić information content (AvgIpc) is 3.13. The summed E-state index contributed by atoms with van der Waals surface area (Å²) in [6, 6.07) is 16.6. The number of carbonyl (C=O) groups excluding carboxylic acids is 1. The van der Waals surface area contributed by atoms with E-state index >= 15 is 0 Å². The van der Waals surface area contributed by atoms with Gasteiger partial charge in [0, 0.05) is 18.2 Å². The number of rotatable bonds is 4. The third-order valence-corrected chi connectivity index (χ3v) is 6.07.